The second-order valence-electron chi connectivity index (χ2n) is 6.88. The molecule has 11 heteroatoms. The number of amides is 2. The Bertz CT molecular complexity index is 1190. The standard InChI is InChI=1S/C22H20Cl2FN5O2S/c1-3-10-30-20(13(2)26-21(32)15-6-4-5-7-17(15)25)28-29-22(30)33-12-19(31)27-18-11-14(23)8-9-16(18)24/h3-9,11,13H,1,10,12H2,2H3,(H,26,32)(H,27,31). The van der Waals surface area contributed by atoms with Crippen LogP contribution in [0.2, 0.25) is 10.0 Å². The van der Waals surface area contributed by atoms with E-state index in [0.29, 0.717) is 33.3 Å². The number of halogens is 3. The van der Waals surface area contributed by atoms with E-state index in [0.717, 1.165) is 11.8 Å². The summed E-state index contributed by atoms with van der Waals surface area (Å²) < 4.78 is 15.6. The predicted molar refractivity (Wildman–Crippen MR) is 128 cm³/mol. The highest BCUT2D eigenvalue weighted by Gasteiger charge is 2.21. The molecule has 3 rings (SSSR count). The monoisotopic (exact) mass is 507 g/mol. The average molecular weight is 508 g/mol. The lowest BCUT2D eigenvalue weighted by Crippen LogP contribution is -2.29. The van der Waals surface area contributed by atoms with E-state index in [1.807, 2.05) is 0 Å². The number of nitrogens with zero attached hydrogens (tertiary/aromatic N) is 3. The van der Waals surface area contributed by atoms with Crippen LogP contribution in [0.4, 0.5) is 10.1 Å². The van der Waals surface area contributed by atoms with Crippen molar-refractivity contribution in [3.63, 3.8) is 0 Å². The van der Waals surface area contributed by atoms with Crippen LogP contribution >= 0.6 is 35.0 Å². The number of carbonyl (C=O) groups excluding carboxylic acids is 2. The molecule has 0 saturated carbocycles. The summed E-state index contributed by atoms with van der Waals surface area (Å²) in [6.45, 7) is 5.80. The summed E-state index contributed by atoms with van der Waals surface area (Å²) in [6.07, 6.45) is 1.65. The van der Waals surface area contributed by atoms with Crippen LogP contribution in [0.5, 0.6) is 0 Å². The molecule has 0 aliphatic heterocycles. The second kappa shape index (κ2) is 11.3. The fraction of sp³-hybridized carbons (Fsp3) is 0.182. The van der Waals surface area contributed by atoms with Crippen molar-refractivity contribution in [1.29, 1.82) is 0 Å². The highest BCUT2D eigenvalue weighted by Crippen LogP contribution is 2.26. The van der Waals surface area contributed by atoms with Crippen LogP contribution in [-0.2, 0) is 11.3 Å². The van der Waals surface area contributed by atoms with Crippen LogP contribution in [-0.4, -0.2) is 32.3 Å². The lowest BCUT2D eigenvalue weighted by atomic mass is 10.2. The van der Waals surface area contributed by atoms with Crippen LogP contribution in [0.1, 0.15) is 29.1 Å². The minimum absolute atomic E-state index is 0.0358. The Morgan fingerprint density at radius 1 is 1.24 bits per heavy atom. The Morgan fingerprint density at radius 3 is 2.73 bits per heavy atom. The summed E-state index contributed by atoms with van der Waals surface area (Å²) in [5, 5.41) is 15.0. The van der Waals surface area contributed by atoms with Crippen molar-refractivity contribution >= 4 is 52.5 Å². The summed E-state index contributed by atoms with van der Waals surface area (Å²) in [4.78, 5) is 24.8. The van der Waals surface area contributed by atoms with Crippen molar-refractivity contribution in [3.8, 4) is 0 Å². The Kier molecular flexibility index (Phi) is 8.49. The Balaban J connectivity index is 1.69. The van der Waals surface area contributed by atoms with Crippen molar-refractivity contribution in [2.45, 2.75) is 24.7 Å². The summed E-state index contributed by atoms with van der Waals surface area (Å²) >= 11 is 13.2. The maximum Gasteiger partial charge on any atom is 0.254 e. The first kappa shape index (κ1) is 24.8. The number of aromatic nitrogens is 3. The third-order valence-corrected chi connectivity index (χ3v) is 5.98. The maximum absolute atomic E-state index is 13.9. The van der Waals surface area contributed by atoms with Crippen molar-refractivity contribution in [3.05, 3.63) is 82.4 Å². The highest BCUT2D eigenvalue weighted by atomic mass is 35.5. The largest absolute Gasteiger partial charge is 0.342 e. The van der Waals surface area contributed by atoms with Gasteiger partial charge in [-0.25, -0.2) is 4.39 Å². The lowest BCUT2D eigenvalue weighted by Gasteiger charge is -2.15. The van der Waals surface area contributed by atoms with E-state index in [2.05, 4.69) is 27.4 Å². The second-order valence-corrected chi connectivity index (χ2v) is 8.66. The SMILES string of the molecule is C=CCn1c(SCC(=O)Nc2cc(Cl)ccc2Cl)nnc1C(C)NC(=O)c1ccccc1F. The maximum atomic E-state index is 13.9. The first-order chi connectivity index (χ1) is 15.8. The molecule has 1 unspecified atom stereocenters. The topological polar surface area (TPSA) is 88.9 Å². The molecule has 2 aromatic carbocycles. The third-order valence-electron chi connectivity index (χ3n) is 4.45. The lowest BCUT2D eigenvalue weighted by molar-refractivity contribution is -0.113. The van der Waals surface area contributed by atoms with E-state index in [1.165, 1.54) is 18.2 Å². The number of benzene rings is 2. The van der Waals surface area contributed by atoms with Crippen molar-refractivity contribution in [1.82, 2.24) is 20.1 Å². The normalized spacial score (nSPS) is 11.6. The van der Waals surface area contributed by atoms with Gasteiger partial charge < -0.3 is 15.2 Å². The number of allylic oxidation sites excluding steroid dienone is 1. The van der Waals surface area contributed by atoms with Gasteiger partial charge in [-0.3, -0.25) is 9.59 Å². The number of nitrogens with one attached hydrogen (secondary N) is 2. The molecule has 0 radical (unpaired) electrons. The highest BCUT2D eigenvalue weighted by molar-refractivity contribution is 7.99. The van der Waals surface area contributed by atoms with Gasteiger partial charge in [-0.15, -0.1) is 16.8 Å². The molecule has 1 atom stereocenters. The molecule has 2 amide bonds. The van der Waals surface area contributed by atoms with Gasteiger partial charge >= 0.3 is 0 Å². The van der Waals surface area contributed by atoms with Gasteiger partial charge in [0.25, 0.3) is 5.91 Å². The van der Waals surface area contributed by atoms with Gasteiger partial charge in [-0.05, 0) is 37.3 Å². The van der Waals surface area contributed by atoms with Gasteiger partial charge in [0.1, 0.15) is 5.82 Å². The smallest absolute Gasteiger partial charge is 0.254 e. The zero-order chi connectivity index (χ0) is 24.0. The molecule has 0 aliphatic rings. The van der Waals surface area contributed by atoms with E-state index >= 15 is 0 Å². The molecule has 0 bridgehead atoms. The zero-order valence-corrected chi connectivity index (χ0v) is 19.8. The molecule has 1 heterocycles. The van der Waals surface area contributed by atoms with Crippen molar-refractivity contribution < 1.29 is 14.0 Å². The van der Waals surface area contributed by atoms with Gasteiger partial charge in [0, 0.05) is 11.6 Å². The predicted octanol–water partition coefficient (Wildman–Crippen LogP) is 5.13. The van der Waals surface area contributed by atoms with Crippen LogP contribution < -0.4 is 10.6 Å². The molecular weight excluding hydrogens is 488 g/mol. The van der Waals surface area contributed by atoms with E-state index in [4.69, 9.17) is 23.2 Å². The number of hydrogen-bond acceptors (Lipinski definition) is 5. The number of thioether (sulfide) groups is 1. The Labute approximate surface area is 204 Å². The molecule has 33 heavy (non-hydrogen) atoms. The summed E-state index contributed by atoms with van der Waals surface area (Å²) in [5.41, 5.74) is 0.345. The molecule has 0 saturated heterocycles. The molecule has 1 aromatic heterocycles. The molecule has 3 aromatic rings. The summed E-state index contributed by atoms with van der Waals surface area (Å²) in [5.74, 6) is -1.01. The molecule has 7 nitrogen and oxygen atoms in total. The van der Waals surface area contributed by atoms with Crippen molar-refractivity contribution in [2.24, 2.45) is 0 Å². The van der Waals surface area contributed by atoms with Crippen LogP contribution in [0.3, 0.4) is 0 Å². The fourth-order valence-electron chi connectivity index (χ4n) is 2.92. The number of rotatable bonds is 9. The first-order valence-corrected chi connectivity index (χ1v) is 11.5. The molecule has 0 fully saturated rings. The minimum atomic E-state index is -0.614. The molecule has 0 aliphatic carbocycles. The van der Waals surface area contributed by atoms with Crippen LogP contribution in [0, 0.1) is 5.82 Å². The average Bonchev–Trinajstić information content (AvgIpc) is 3.18. The Morgan fingerprint density at radius 2 is 2.00 bits per heavy atom. The van der Waals surface area contributed by atoms with Gasteiger partial charge in [0.2, 0.25) is 5.91 Å². The van der Waals surface area contributed by atoms with E-state index < -0.39 is 17.8 Å². The summed E-state index contributed by atoms with van der Waals surface area (Å²) in [6, 6.07) is 9.92. The third kappa shape index (κ3) is 6.34. The van der Waals surface area contributed by atoms with Gasteiger partial charge in [-0.1, -0.05) is 53.2 Å². The number of carbonyl (C=O) groups is 2. The van der Waals surface area contributed by atoms with Gasteiger partial charge in [-0.2, -0.15) is 0 Å². The van der Waals surface area contributed by atoms with Crippen molar-refractivity contribution in [2.75, 3.05) is 11.1 Å². The first-order valence-electron chi connectivity index (χ1n) is 9.77. The summed E-state index contributed by atoms with van der Waals surface area (Å²) in [7, 11) is 0. The number of hydrogen-bond donors (Lipinski definition) is 2. The van der Waals surface area contributed by atoms with Crippen LogP contribution in [0.25, 0.3) is 0 Å². The molecule has 2 N–H and O–H groups in total. The van der Waals surface area contributed by atoms with E-state index in [1.54, 1.807) is 41.8 Å². The van der Waals surface area contributed by atoms with Gasteiger partial charge in [0.05, 0.1) is 28.1 Å². The molecule has 0 spiro atoms. The minimum Gasteiger partial charge on any atom is -0.342 e. The zero-order valence-electron chi connectivity index (χ0n) is 17.5. The van der Waals surface area contributed by atoms with E-state index in [-0.39, 0.29) is 17.2 Å². The quantitative estimate of drug-likeness (QED) is 0.309. The van der Waals surface area contributed by atoms with E-state index in [9.17, 15) is 14.0 Å². The fourth-order valence-corrected chi connectivity index (χ4v) is 4.01. The molecular formula is C22H20Cl2FN5O2S. The van der Waals surface area contributed by atoms with Crippen LogP contribution in [0.15, 0.2) is 60.3 Å². The van der Waals surface area contributed by atoms with Gasteiger partial charge in [0.15, 0.2) is 11.0 Å². The molecule has 172 valence electrons. The number of anilines is 1. The Hall–Kier alpha value is -2.88.